The van der Waals surface area contributed by atoms with Crippen molar-refractivity contribution in [3.63, 3.8) is 0 Å². The van der Waals surface area contributed by atoms with E-state index in [1.165, 1.54) is 14.2 Å². The van der Waals surface area contributed by atoms with Crippen molar-refractivity contribution in [1.29, 1.82) is 0 Å². The third-order valence-corrected chi connectivity index (χ3v) is 3.21. The Balaban J connectivity index is 2.50. The first-order valence-corrected chi connectivity index (χ1v) is 6.39. The van der Waals surface area contributed by atoms with Crippen molar-refractivity contribution < 1.29 is 19.1 Å². The first kappa shape index (κ1) is 15.4. The van der Waals surface area contributed by atoms with Gasteiger partial charge in [-0.15, -0.1) is 0 Å². The minimum atomic E-state index is -0.522. The molecule has 0 bridgehead atoms. The summed E-state index contributed by atoms with van der Waals surface area (Å²) in [5.74, 6) is -0.639. The van der Waals surface area contributed by atoms with Crippen molar-refractivity contribution in [2.24, 2.45) is 0 Å². The number of carbonyl (C=O) groups excluding carboxylic acids is 3. The lowest BCUT2D eigenvalue weighted by atomic mass is 9.99. The van der Waals surface area contributed by atoms with Crippen molar-refractivity contribution in [2.45, 2.75) is 31.7 Å². The molecular formula is C12H21N3O4. The summed E-state index contributed by atoms with van der Waals surface area (Å²) in [4.78, 5) is 35.9. The van der Waals surface area contributed by atoms with Gasteiger partial charge in [-0.2, -0.15) is 0 Å². The van der Waals surface area contributed by atoms with Crippen molar-refractivity contribution in [3.05, 3.63) is 0 Å². The van der Waals surface area contributed by atoms with E-state index in [4.69, 9.17) is 0 Å². The number of hydrogen-bond acceptors (Lipinski definition) is 5. The zero-order chi connectivity index (χ0) is 14.3. The Morgan fingerprint density at radius 2 is 2.05 bits per heavy atom. The van der Waals surface area contributed by atoms with Gasteiger partial charge in [-0.1, -0.05) is 6.42 Å². The number of amides is 3. The van der Waals surface area contributed by atoms with Gasteiger partial charge in [0.2, 0.25) is 5.91 Å². The monoisotopic (exact) mass is 271 g/mol. The molecule has 0 aromatic rings. The molecule has 0 aromatic heterocycles. The van der Waals surface area contributed by atoms with Gasteiger partial charge >= 0.3 is 12.0 Å². The number of urea groups is 1. The zero-order valence-electron chi connectivity index (χ0n) is 11.4. The second kappa shape index (κ2) is 7.73. The third-order valence-electron chi connectivity index (χ3n) is 3.21. The minimum Gasteiger partial charge on any atom is -0.469 e. The molecule has 0 aliphatic carbocycles. The number of methoxy groups -OCH3 is 1. The molecule has 1 unspecified atom stereocenters. The maximum absolute atomic E-state index is 11.7. The molecule has 0 radical (unpaired) electrons. The number of rotatable bonds is 4. The maximum atomic E-state index is 11.7. The van der Waals surface area contributed by atoms with Crippen LogP contribution in [0, 0.1) is 0 Å². The van der Waals surface area contributed by atoms with E-state index in [2.05, 4.69) is 15.4 Å². The highest BCUT2D eigenvalue weighted by Gasteiger charge is 2.26. The molecule has 1 saturated heterocycles. The highest BCUT2D eigenvalue weighted by atomic mass is 16.5. The SMILES string of the molecule is CNC(=O)NC(=O)CN1CCCCC1CC(=O)OC. The molecule has 1 heterocycles. The second-order valence-corrected chi connectivity index (χ2v) is 4.53. The van der Waals surface area contributed by atoms with E-state index in [-0.39, 0.29) is 30.9 Å². The Hall–Kier alpha value is -1.63. The zero-order valence-corrected chi connectivity index (χ0v) is 11.4. The maximum Gasteiger partial charge on any atom is 0.321 e. The van der Waals surface area contributed by atoms with Crippen LogP contribution < -0.4 is 10.6 Å². The highest BCUT2D eigenvalue weighted by Crippen LogP contribution is 2.19. The number of hydrogen-bond donors (Lipinski definition) is 2. The molecule has 1 aliphatic rings. The summed E-state index contributed by atoms with van der Waals surface area (Å²) in [6.45, 7) is 0.873. The Labute approximate surface area is 112 Å². The van der Waals surface area contributed by atoms with Gasteiger partial charge in [0.15, 0.2) is 0 Å². The lowest BCUT2D eigenvalue weighted by Crippen LogP contribution is -2.48. The fourth-order valence-electron chi connectivity index (χ4n) is 2.19. The minimum absolute atomic E-state index is 0.0108. The number of imide groups is 1. The Morgan fingerprint density at radius 1 is 1.32 bits per heavy atom. The quantitative estimate of drug-likeness (QED) is 0.695. The Bertz CT molecular complexity index is 346. The van der Waals surface area contributed by atoms with Gasteiger partial charge in [-0.05, 0) is 19.4 Å². The molecule has 108 valence electrons. The van der Waals surface area contributed by atoms with Gasteiger partial charge in [-0.25, -0.2) is 4.79 Å². The lowest BCUT2D eigenvalue weighted by Gasteiger charge is -2.34. The van der Waals surface area contributed by atoms with Crippen molar-refractivity contribution in [3.8, 4) is 0 Å². The average Bonchev–Trinajstić information content (AvgIpc) is 2.40. The number of likely N-dealkylation sites (tertiary alicyclic amines) is 1. The van der Waals surface area contributed by atoms with Crippen LogP contribution in [0.5, 0.6) is 0 Å². The predicted molar refractivity (Wildman–Crippen MR) is 68.4 cm³/mol. The summed E-state index contributed by atoms with van der Waals surface area (Å²) in [7, 11) is 2.80. The summed E-state index contributed by atoms with van der Waals surface area (Å²) in [6.07, 6.45) is 3.17. The van der Waals surface area contributed by atoms with Crippen molar-refractivity contribution in [1.82, 2.24) is 15.5 Å². The topological polar surface area (TPSA) is 87.7 Å². The summed E-state index contributed by atoms with van der Waals surface area (Å²) < 4.78 is 4.66. The van der Waals surface area contributed by atoms with Crippen LogP contribution in [-0.4, -0.2) is 56.1 Å². The third kappa shape index (κ3) is 5.25. The highest BCUT2D eigenvalue weighted by molar-refractivity contribution is 5.95. The van der Waals surface area contributed by atoms with Crippen LogP contribution in [0.3, 0.4) is 0 Å². The largest absolute Gasteiger partial charge is 0.469 e. The molecule has 0 aromatic carbocycles. The van der Waals surface area contributed by atoms with E-state index in [9.17, 15) is 14.4 Å². The van der Waals surface area contributed by atoms with Gasteiger partial charge in [-0.3, -0.25) is 19.8 Å². The molecule has 0 saturated carbocycles. The number of ether oxygens (including phenoxy) is 1. The molecule has 1 fully saturated rings. The Kier molecular flexibility index (Phi) is 6.27. The van der Waals surface area contributed by atoms with Crippen LogP contribution >= 0.6 is 0 Å². The van der Waals surface area contributed by atoms with Crippen LogP contribution in [0.1, 0.15) is 25.7 Å². The summed E-state index contributed by atoms with van der Waals surface area (Å²) in [5.41, 5.74) is 0. The van der Waals surface area contributed by atoms with Crippen LogP contribution in [-0.2, 0) is 14.3 Å². The molecule has 1 atom stereocenters. The van der Waals surface area contributed by atoms with E-state index >= 15 is 0 Å². The van der Waals surface area contributed by atoms with E-state index in [0.717, 1.165) is 25.8 Å². The van der Waals surface area contributed by atoms with E-state index < -0.39 is 6.03 Å². The average molecular weight is 271 g/mol. The molecule has 1 rings (SSSR count). The number of esters is 1. The number of nitrogens with zero attached hydrogens (tertiary/aromatic N) is 1. The predicted octanol–water partition coefficient (Wildman–Crippen LogP) is -0.140. The van der Waals surface area contributed by atoms with Crippen molar-refractivity contribution >= 4 is 17.9 Å². The van der Waals surface area contributed by atoms with E-state index in [1.54, 1.807) is 0 Å². The smallest absolute Gasteiger partial charge is 0.321 e. The molecule has 7 nitrogen and oxygen atoms in total. The normalized spacial score (nSPS) is 19.6. The summed E-state index contributed by atoms with van der Waals surface area (Å²) in [5, 5.41) is 4.54. The van der Waals surface area contributed by atoms with Crippen LogP contribution in [0.2, 0.25) is 0 Å². The first-order chi connectivity index (χ1) is 9.06. The van der Waals surface area contributed by atoms with Crippen molar-refractivity contribution in [2.75, 3.05) is 27.2 Å². The van der Waals surface area contributed by atoms with Gasteiger partial charge in [0.1, 0.15) is 0 Å². The van der Waals surface area contributed by atoms with Gasteiger partial charge in [0.05, 0.1) is 20.1 Å². The molecule has 1 aliphatic heterocycles. The molecule has 19 heavy (non-hydrogen) atoms. The van der Waals surface area contributed by atoms with Crippen LogP contribution in [0.15, 0.2) is 0 Å². The number of nitrogens with one attached hydrogen (secondary N) is 2. The Morgan fingerprint density at radius 3 is 2.68 bits per heavy atom. The summed E-state index contributed by atoms with van der Waals surface area (Å²) in [6, 6.07) is -0.511. The molecule has 0 spiro atoms. The first-order valence-electron chi connectivity index (χ1n) is 6.39. The molecule has 2 N–H and O–H groups in total. The summed E-state index contributed by atoms with van der Waals surface area (Å²) >= 11 is 0. The molecule has 3 amide bonds. The molecule has 7 heteroatoms. The van der Waals surface area contributed by atoms with Crippen LogP contribution in [0.25, 0.3) is 0 Å². The van der Waals surface area contributed by atoms with Crippen LogP contribution in [0.4, 0.5) is 4.79 Å². The van der Waals surface area contributed by atoms with E-state index in [0.29, 0.717) is 0 Å². The number of carbonyl (C=O) groups is 3. The van der Waals surface area contributed by atoms with Gasteiger partial charge in [0.25, 0.3) is 0 Å². The van der Waals surface area contributed by atoms with Gasteiger partial charge in [0, 0.05) is 13.1 Å². The number of piperidine rings is 1. The molecular weight excluding hydrogens is 250 g/mol. The second-order valence-electron chi connectivity index (χ2n) is 4.53. The standard InChI is InChI=1S/C12H21N3O4/c1-13-12(18)14-10(16)8-15-6-4-3-5-9(15)7-11(17)19-2/h9H,3-8H2,1-2H3,(H2,13,14,16,18). The fourth-order valence-corrected chi connectivity index (χ4v) is 2.19. The van der Waals surface area contributed by atoms with Gasteiger partial charge < -0.3 is 10.1 Å². The van der Waals surface area contributed by atoms with E-state index in [1.807, 2.05) is 4.90 Å². The lowest BCUT2D eigenvalue weighted by molar-refractivity contribution is -0.143. The fraction of sp³-hybridized carbons (Fsp3) is 0.750.